The van der Waals surface area contributed by atoms with Crippen LogP contribution in [0.4, 0.5) is 0 Å². The molecule has 0 spiro atoms. The number of halogens is 2. The lowest BCUT2D eigenvalue weighted by Gasteiger charge is -2.31. The van der Waals surface area contributed by atoms with Gasteiger partial charge >= 0.3 is 0 Å². The van der Waals surface area contributed by atoms with Gasteiger partial charge in [0.05, 0.1) is 0 Å². The third kappa shape index (κ3) is 7.14. The maximum atomic E-state index is 13.3. The largest absolute Gasteiger partial charge is 0.483 e. The van der Waals surface area contributed by atoms with Gasteiger partial charge in [-0.3, -0.25) is 9.59 Å². The predicted octanol–water partition coefficient (Wildman–Crippen LogP) is 5.57. The van der Waals surface area contributed by atoms with Crippen LogP contribution in [-0.2, 0) is 16.1 Å². The molecule has 0 aliphatic rings. The maximum Gasteiger partial charge on any atom is 0.261 e. The van der Waals surface area contributed by atoms with Gasteiger partial charge in [-0.05, 0) is 55.5 Å². The van der Waals surface area contributed by atoms with E-state index in [2.05, 4.69) is 5.32 Å². The quantitative estimate of drug-likeness (QED) is 0.485. The summed E-state index contributed by atoms with van der Waals surface area (Å²) in [6, 6.07) is 10.3. The molecule has 0 bridgehead atoms. The standard InChI is InChI=1S/C25H32Cl2N2O3/c1-6-22(25(31)28-13-16(2)3)29(14-19-20(26)8-7-9-21(19)27)24(30)15-32-23-12-17(4)10-11-18(23)5/h7-12,16,22H,6,13-15H2,1-5H3,(H,28,31)/t22-/m0/s1. The molecule has 5 nitrogen and oxygen atoms in total. The van der Waals surface area contributed by atoms with Crippen molar-refractivity contribution >= 4 is 35.0 Å². The van der Waals surface area contributed by atoms with Gasteiger partial charge in [0, 0.05) is 28.7 Å². The van der Waals surface area contributed by atoms with Crippen molar-refractivity contribution < 1.29 is 14.3 Å². The Balaban J connectivity index is 2.29. The van der Waals surface area contributed by atoms with Crippen molar-refractivity contribution in [1.29, 1.82) is 0 Å². The Hall–Kier alpha value is -2.24. The molecule has 0 heterocycles. The molecule has 0 fully saturated rings. The molecule has 174 valence electrons. The normalized spacial score (nSPS) is 11.9. The number of hydrogen-bond donors (Lipinski definition) is 1. The fraction of sp³-hybridized carbons (Fsp3) is 0.440. The highest BCUT2D eigenvalue weighted by Gasteiger charge is 2.30. The summed E-state index contributed by atoms with van der Waals surface area (Å²) >= 11 is 12.7. The molecule has 1 atom stereocenters. The molecule has 2 aromatic carbocycles. The Morgan fingerprint density at radius 2 is 1.75 bits per heavy atom. The van der Waals surface area contributed by atoms with Crippen molar-refractivity contribution in [1.82, 2.24) is 10.2 Å². The zero-order valence-electron chi connectivity index (χ0n) is 19.4. The van der Waals surface area contributed by atoms with Gasteiger partial charge in [0.1, 0.15) is 11.8 Å². The van der Waals surface area contributed by atoms with Gasteiger partial charge in [0.15, 0.2) is 6.61 Å². The molecular formula is C25H32Cl2N2O3. The Morgan fingerprint density at radius 3 is 2.34 bits per heavy atom. The number of amides is 2. The number of carbonyl (C=O) groups is 2. The SMILES string of the molecule is CC[C@@H](C(=O)NCC(C)C)N(Cc1c(Cl)cccc1Cl)C(=O)COc1cc(C)ccc1C. The number of nitrogens with zero attached hydrogens (tertiary/aromatic N) is 1. The van der Waals surface area contributed by atoms with Crippen molar-refractivity contribution in [2.75, 3.05) is 13.2 Å². The third-order valence-corrected chi connectivity index (χ3v) is 5.86. The summed E-state index contributed by atoms with van der Waals surface area (Å²) in [5, 5.41) is 3.83. The molecule has 0 aliphatic heterocycles. The van der Waals surface area contributed by atoms with Gasteiger partial charge in [-0.25, -0.2) is 0 Å². The minimum Gasteiger partial charge on any atom is -0.483 e. The van der Waals surface area contributed by atoms with Crippen LogP contribution in [0.25, 0.3) is 0 Å². The summed E-state index contributed by atoms with van der Waals surface area (Å²) in [4.78, 5) is 27.8. The van der Waals surface area contributed by atoms with Crippen molar-refractivity contribution in [3.8, 4) is 5.75 Å². The zero-order chi connectivity index (χ0) is 23.8. The fourth-order valence-electron chi connectivity index (χ4n) is 3.28. The summed E-state index contributed by atoms with van der Waals surface area (Å²) in [5.74, 6) is 0.426. The topological polar surface area (TPSA) is 58.6 Å². The number of nitrogens with one attached hydrogen (secondary N) is 1. The molecule has 7 heteroatoms. The van der Waals surface area contributed by atoms with Crippen LogP contribution >= 0.6 is 23.2 Å². The van der Waals surface area contributed by atoms with E-state index in [9.17, 15) is 9.59 Å². The van der Waals surface area contributed by atoms with Crippen LogP contribution in [0.5, 0.6) is 5.75 Å². The molecule has 0 unspecified atom stereocenters. The second kappa shape index (κ2) is 12.1. The summed E-state index contributed by atoms with van der Waals surface area (Å²) in [6.07, 6.45) is 0.446. The fourth-order valence-corrected chi connectivity index (χ4v) is 3.80. The average molecular weight is 479 g/mol. The first-order valence-corrected chi connectivity index (χ1v) is 11.6. The van der Waals surface area contributed by atoms with Gasteiger partial charge in [-0.2, -0.15) is 0 Å². The summed E-state index contributed by atoms with van der Waals surface area (Å²) in [6.45, 7) is 10.3. The van der Waals surface area contributed by atoms with E-state index in [4.69, 9.17) is 27.9 Å². The molecule has 0 aliphatic carbocycles. The highest BCUT2D eigenvalue weighted by Crippen LogP contribution is 2.27. The molecule has 2 aromatic rings. The summed E-state index contributed by atoms with van der Waals surface area (Å²) in [7, 11) is 0. The first kappa shape index (κ1) is 26.0. The van der Waals surface area contributed by atoms with Gasteiger partial charge in [0.2, 0.25) is 5.91 Å². The maximum absolute atomic E-state index is 13.3. The van der Waals surface area contributed by atoms with E-state index in [1.165, 1.54) is 4.90 Å². The van der Waals surface area contributed by atoms with Crippen LogP contribution in [0.2, 0.25) is 10.0 Å². The second-order valence-electron chi connectivity index (χ2n) is 8.34. The lowest BCUT2D eigenvalue weighted by atomic mass is 10.1. The van der Waals surface area contributed by atoms with E-state index in [1.54, 1.807) is 18.2 Å². The zero-order valence-corrected chi connectivity index (χ0v) is 20.9. The Morgan fingerprint density at radius 1 is 1.09 bits per heavy atom. The Kier molecular flexibility index (Phi) is 9.85. The van der Waals surface area contributed by atoms with Crippen molar-refractivity contribution in [2.45, 2.75) is 53.6 Å². The molecule has 2 amide bonds. The van der Waals surface area contributed by atoms with Crippen LogP contribution in [0.3, 0.4) is 0 Å². The highest BCUT2D eigenvalue weighted by atomic mass is 35.5. The molecule has 2 rings (SSSR count). The number of carbonyl (C=O) groups excluding carboxylic acids is 2. The van der Waals surface area contributed by atoms with E-state index < -0.39 is 6.04 Å². The van der Waals surface area contributed by atoms with Gasteiger partial charge < -0.3 is 15.0 Å². The minimum absolute atomic E-state index is 0.112. The molecule has 32 heavy (non-hydrogen) atoms. The van der Waals surface area contributed by atoms with Crippen LogP contribution in [0.1, 0.15) is 43.9 Å². The van der Waals surface area contributed by atoms with E-state index in [-0.39, 0.29) is 25.0 Å². The Bertz CT molecular complexity index is 927. The van der Waals surface area contributed by atoms with Crippen LogP contribution in [-0.4, -0.2) is 35.9 Å². The van der Waals surface area contributed by atoms with E-state index >= 15 is 0 Å². The van der Waals surface area contributed by atoms with Crippen LogP contribution < -0.4 is 10.1 Å². The lowest BCUT2D eigenvalue weighted by Crippen LogP contribution is -2.50. The smallest absolute Gasteiger partial charge is 0.261 e. The van der Waals surface area contributed by atoms with Crippen molar-refractivity contribution in [3.63, 3.8) is 0 Å². The molecule has 0 saturated heterocycles. The van der Waals surface area contributed by atoms with E-state index in [0.717, 1.165) is 11.1 Å². The molecule has 0 aromatic heterocycles. The number of rotatable bonds is 10. The van der Waals surface area contributed by atoms with Crippen LogP contribution in [0.15, 0.2) is 36.4 Å². The number of hydrogen-bond acceptors (Lipinski definition) is 3. The van der Waals surface area contributed by atoms with Crippen molar-refractivity contribution in [3.05, 3.63) is 63.1 Å². The average Bonchev–Trinajstić information content (AvgIpc) is 2.74. The molecule has 0 radical (unpaired) electrons. The third-order valence-electron chi connectivity index (χ3n) is 5.16. The lowest BCUT2D eigenvalue weighted by molar-refractivity contribution is -0.143. The van der Waals surface area contributed by atoms with E-state index in [1.807, 2.05) is 52.8 Å². The molecular weight excluding hydrogens is 447 g/mol. The van der Waals surface area contributed by atoms with Crippen molar-refractivity contribution in [2.24, 2.45) is 5.92 Å². The second-order valence-corrected chi connectivity index (χ2v) is 9.16. The van der Waals surface area contributed by atoms with Crippen LogP contribution in [0, 0.1) is 19.8 Å². The Labute approximate surface area is 201 Å². The number of aryl methyl sites for hydroxylation is 2. The predicted molar refractivity (Wildman–Crippen MR) is 130 cm³/mol. The summed E-state index contributed by atoms with van der Waals surface area (Å²) in [5.41, 5.74) is 2.58. The molecule has 0 saturated carbocycles. The highest BCUT2D eigenvalue weighted by molar-refractivity contribution is 6.36. The number of ether oxygens (including phenoxy) is 1. The van der Waals surface area contributed by atoms with E-state index in [0.29, 0.717) is 40.2 Å². The minimum atomic E-state index is -0.671. The number of benzene rings is 2. The first-order valence-electron chi connectivity index (χ1n) is 10.8. The first-order chi connectivity index (χ1) is 15.1. The van der Waals surface area contributed by atoms with Gasteiger partial charge in [-0.15, -0.1) is 0 Å². The monoisotopic (exact) mass is 478 g/mol. The van der Waals surface area contributed by atoms with Gasteiger partial charge in [0.25, 0.3) is 5.91 Å². The molecule has 1 N–H and O–H groups in total. The summed E-state index contributed by atoms with van der Waals surface area (Å²) < 4.78 is 5.84. The van der Waals surface area contributed by atoms with Gasteiger partial charge in [-0.1, -0.05) is 62.2 Å².